The van der Waals surface area contributed by atoms with Gasteiger partial charge in [-0.2, -0.15) is 0 Å². The van der Waals surface area contributed by atoms with Crippen LogP contribution >= 0.6 is 0 Å². The number of halogens is 2. The van der Waals surface area contributed by atoms with E-state index >= 15 is 0 Å². The van der Waals surface area contributed by atoms with Crippen molar-refractivity contribution < 1.29 is 36.6 Å². The Bertz CT molecular complexity index is 1430. The fourth-order valence-corrected chi connectivity index (χ4v) is 5.96. The fraction of sp³-hybridized carbons (Fsp3) is 0.296. The number of sulfonamides is 1. The molecule has 0 aliphatic carbocycles. The van der Waals surface area contributed by atoms with Gasteiger partial charge in [0.15, 0.2) is 0 Å². The lowest BCUT2D eigenvalue weighted by atomic mass is 9.84. The third kappa shape index (κ3) is 5.64. The minimum atomic E-state index is -3.95. The standard InChI is InChI=1S/C27H26F2N2O6S/c28-17-4-7-21(8-5-17)38(34,35)31-19-6-9-24-22(11-19)23-12-20(36-25(15-32)27(23)37-24)13-26(33)30-14-16-2-1-3-18(29)10-16/h1-11,20,23,25,27,31-32H,12-15H2,(H,30,33)/t20-,23-,25+,27+/m1/s1. The van der Waals surface area contributed by atoms with Crippen LogP contribution in [0.2, 0.25) is 0 Å². The van der Waals surface area contributed by atoms with E-state index in [4.69, 9.17) is 9.47 Å². The van der Waals surface area contributed by atoms with Gasteiger partial charge < -0.3 is 19.9 Å². The van der Waals surface area contributed by atoms with Gasteiger partial charge in [0.25, 0.3) is 10.0 Å². The van der Waals surface area contributed by atoms with Crippen LogP contribution in [0.3, 0.4) is 0 Å². The molecular formula is C27H26F2N2O6S. The average molecular weight is 545 g/mol. The second-order valence-electron chi connectivity index (χ2n) is 9.33. The Morgan fingerprint density at radius 3 is 2.55 bits per heavy atom. The Morgan fingerprint density at radius 1 is 1.03 bits per heavy atom. The Hall–Kier alpha value is -3.54. The summed E-state index contributed by atoms with van der Waals surface area (Å²) in [5.41, 5.74) is 1.67. The van der Waals surface area contributed by atoms with Crippen molar-refractivity contribution in [2.24, 2.45) is 0 Å². The molecule has 2 aliphatic heterocycles. The summed E-state index contributed by atoms with van der Waals surface area (Å²) in [5, 5.41) is 12.7. The fourth-order valence-electron chi connectivity index (χ4n) is 4.91. The minimum Gasteiger partial charge on any atom is -0.487 e. The maximum Gasteiger partial charge on any atom is 0.261 e. The number of benzene rings is 3. The predicted molar refractivity (Wildman–Crippen MR) is 134 cm³/mol. The SMILES string of the molecule is O=C(C[C@H]1C[C@@H]2c3cc(NS(=O)(=O)c4ccc(F)cc4)ccc3O[C@@H]2[C@H](CO)O1)NCc1cccc(F)c1. The van der Waals surface area contributed by atoms with Gasteiger partial charge >= 0.3 is 0 Å². The molecule has 1 saturated heterocycles. The zero-order chi connectivity index (χ0) is 26.9. The molecule has 8 nitrogen and oxygen atoms in total. The molecule has 0 unspecified atom stereocenters. The van der Waals surface area contributed by atoms with Crippen molar-refractivity contribution in [3.05, 3.63) is 89.5 Å². The highest BCUT2D eigenvalue weighted by Gasteiger charge is 2.46. The second-order valence-corrected chi connectivity index (χ2v) is 11.0. The normalized spacial score (nSPS) is 22.2. The Morgan fingerprint density at radius 2 is 1.82 bits per heavy atom. The summed E-state index contributed by atoms with van der Waals surface area (Å²) >= 11 is 0. The first-order chi connectivity index (χ1) is 18.2. The number of carbonyl (C=O) groups is 1. The van der Waals surface area contributed by atoms with Crippen LogP contribution in [0, 0.1) is 11.6 Å². The number of aliphatic hydroxyl groups excluding tert-OH is 1. The predicted octanol–water partition coefficient (Wildman–Crippen LogP) is 3.47. The van der Waals surface area contributed by atoms with E-state index in [-0.39, 0.29) is 42.1 Å². The van der Waals surface area contributed by atoms with Gasteiger partial charge in [0, 0.05) is 23.7 Å². The molecule has 0 spiro atoms. The number of fused-ring (bicyclic) bond motifs is 3. The van der Waals surface area contributed by atoms with Crippen LogP contribution in [-0.4, -0.2) is 44.4 Å². The van der Waals surface area contributed by atoms with Crippen molar-refractivity contribution in [1.82, 2.24) is 5.32 Å². The van der Waals surface area contributed by atoms with E-state index in [9.17, 15) is 27.1 Å². The van der Waals surface area contributed by atoms with Crippen molar-refractivity contribution in [1.29, 1.82) is 0 Å². The third-order valence-electron chi connectivity index (χ3n) is 6.67. The number of ether oxygens (including phenoxy) is 2. The molecule has 0 saturated carbocycles. The summed E-state index contributed by atoms with van der Waals surface area (Å²) < 4.78 is 66.6. The van der Waals surface area contributed by atoms with Gasteiger partial charge in [-0.05, 0) is 66.6 Å². The molecule has 38 heavy (non-hydrogen) atoms. The van der Waals surface area contributed by atoms with Crippen molar-refractivity contribution in [3.63, 3.8) is 0 Å². The van der Waals surface area contributed by atoms with E-state index in [2.05, 4.69) is 10.0 Å². The molecular weight excluding hydrogens is 518 g/mol. The first kappa shape index (κ1) is 26.1. The third-order valence-corrected chi connectivity index (χ3v) is 8.06. The monoisotopic (exact) mass is 544 g/mol. The zero-order valence-electron chi connectivity index (χ0n) is 20.1. The van der Waals surface area contributed by atoms with E-state index in [1.165, 1.54) is 24.3 Å². The molecule has 200 valence electrons. The molecule has 3 aromatic carbocycles. The molecule has 1 amide bonds. The first-order valence-corrected chi connectivity index (χ1v) is 13.6. The van der Waals surface area contributed by atoms with Gasteiger partial charge in [0.05, 0.1) is 24.0 Å². The maximum absolute atomic E-state index is 13.4. The lowest BCUT2D eigenvalue weighted by molar-refractivity contribution is -0.142. The largest absolute Gasteiger partial charge is 0.487 e. The van der Waals surface area contributed by atoms with E-state index in [0.29, 0.717) is 23.4 Å². The lowest BCUT2D eigenvalue weighted by Gasteiger charge is -2.37. The minimum absolute atomic E-state index is 0.0290. The summed E-state index contributed by atoms with van der Waals surface area (Å²) in [7, 11) is -3.95. The summed E-state index contributed by atoms with van der Waals surface area (Å²) in [6.45, 7) is -0.150. The highest BCUT2D eigenvalue weighted by Crippen LogP contribution is 2.47. The van der Waals surface area contributed by atoms with Crippen LogP contribution in [0.15, 0.2) is 71.6 Å². The van der Waals surface area contributed by atoms with E-state index in [0.717, 1.165) is 17.7 Å². The number of carbonyl (C=O) groups excluding carboxylic acids is 1. The van der Waals surface area contributed by atoms with Crippen molar-refractivity contribution >= 4 is 21.6 Å². The molecule has 11 heteroatoms. The van der Waals surface area contributed by atoms with Gasteiger partial charge in [-0.15, -0.1) is 0 Å². The second kappa shape index (κ2) is 10.7. The van der Waals surface area contributed by atoms with E-state index in [1.807, 2.05) is 0 Å². The molecule has 3 aromatic rings. The van der Waals surface area contributed by atoms with Crippen molar-refractivity contribution in [3.8, 4) is 5.75 Å². The maximum atomic E-state index is 13.4. The molecule has 0 radical (unpaired) electrons. The molecule has 2 heterocycles. The van der Waals surface area contributed by atoms with E-state index in [1.54, 1.807) is 30.3 Å². The first-order valence-electron chi connectivity index (χ1n) is 12.1. The van der Waals surface area contributed by atoms with Gasteiger partial charge in [-0.25, -0.2) is 17.2 Å². The Kier molecular flexibility index (Phi) is 7.33. The summed E-state index contributed by atoms with van der Waals surface area (Å²) in [6, 6.07) is 15.3. The Labute approximate surface area is 218 Å². The number of hydrogen-bond donors (Lipinski definition) is 3. The summed E-state index contributed by atoms with van der Waals surface area (Å²) in [6.07, 6.45) is -1.25. The smallest absolute Gasteiger partial charge is 0.261 e. The molecule has 5 rings (SSSR count). The molecule has 0 aromatic heterocycles. The number of nitrogens with one attached hydrogen (secondary N) is 2. The molecule has 2 aliphatic rings. The van der Waals surface area contributed by atoms with Crippen LogP contribution in [-0.2, 0) is 26.1 Å². The Balaban J connectivity index is 1.28. The number of aliphatic hydroxyl groups is 1. The van der Waals surface area contributed by atoms with Gasteiger partial charge in [0.2, 0.25) is 5.91 Å². The van der Waals surface area contributed by atoms with E-state index < -0.39 is 34.2 Å². The van der Waals surface area contributed by atoms with Crippen LogP contribution in [0.5, 0.6) is 5.75 Å². The number of amides is 1. The van der Waals surface area contributed by atoms with Gasteiger partial charge in [-0.1, -0.05) is 12.1 Å². The molecule has 1 fully saturated rings. The topological polar surface area (TPSA) is 114 Å². The number of rotatable bonds is 8. The van der Waals surface area contributed by atoms with Crippen LogP contribution in [0.1, 0.15) is 29.9 Å². The highest BCUT2D eigenvalue weighted by atomic mass is 32.2. The lowest BCUT2D eigenvalue weighted by Crippen LogP contribution is -2.47. The molecule has 3 N–H and O–H groups in total. The number of hydrogen-bond acceptors (Lipinski definition) is 6. The van der Waals surface area contributed by atoms with Crippen LogP contribution in [0.25, 0.3) is 0 Å². The van der Waals surface area contributed by atoms with Gasteiger partial charge in [0.1, 0.15) is 29.6 Å². The van der Waals surface area contributed by atoms with Gasteiger partial charge in [-0.3, -0.25) is 9.52 Å². The summed E-state index contributed by atoms with van der Waals surface area (Å²) in [5.74, 6) is -0.909. The van der Waals surface area contributed by atoms with Crippen LogP contribution < -0.4 is 14.8 Å². The molecule has 4 atom stereocenters. The number of anilines is 1. The zero-order valence-corrected chi connectivity index (χ0v) is 21.0. The highest BCUT2D eigenvalue weighted by molar-refractivity contribution is 7.92. The summed E-state index contributed by atoms with van der Waals surface area (Å²) in [4.78, 5) is 12.5. The quantitative estimate of drug-likeness (QED) is 0.400. The van der Waals surface area contributed by atoms with Crippen molar-refractivity contribution in [2.75, 3.05) is 11.3 Å². The average Bonchev–Trinajstić information content (AvgIpc) is 3.25. The van der Waals surface area contributed by atoms with Crippen LogP contribution in [0.4, 0.5) is 14.5 Å². The van der Waals surface area contributed by atoms with Crippen molar-refractivity contribution in [2.45, 2.75) is 48.5 Å². The molecule has 0 bridgehead atoms.